The fraction of sp³-hybridized carbons (Fsp3) is 0.368. The van der Waals surface area contributed by atoms with Crippen LogP contribution in [-0.4, -0.2) is 41.6 Å². The molecule has 0 spiro atoms. The van der Waals surface area contributed by atoms with Crippen LogP contribution in [0.1, 0.15) is 38.1 Å². The van der Waals surface area contributed by atoms with Crippen molar-refractivity contribution < 1.29 is 4.79 Å². The Morgan fingerprint density at radius 1 is 1.21 bits per heavy atom. The highest BCUT2D eigenvalue weighted by atomic mass is 32.2. The van der Waals surface area contributed by atoms with Crippen molar-refractivity contribution in [3.63, 3.8) is 0 Å². The highest BCUT2D eigenvalue weighted by Crippen LogP contribution is 2.27. The van der Waals surface area contributed by atoms with Gasteiger partial charge in [0.2, 0.25) is 16.2 Å². The summed E-state index contributed by atoms with van der Waals surface area (Å²) < 4.78 is 2.16. The first-order valence-corrected chi connectivity index (χ1v) is 11.2. The number of fused-ring (bicyclic) bond motifs is 3. The number of rotatable bonds is 7. The van der Waals surface area contributed by atoms with E-state index in [9.17, 15) is 4.79 Å². The number of carbonyl (C=O) groups excluding carboxylic acids is 1. The van der Waals surface area contributed by atoms with Gasteiger partial charge in [0.05, 0.1) is 11.3 Å². The summed E-state index contributed by atoms with van der Waals surface area (Å²) >= 11 is 2.65. The van der Waals surface area contributed by atoms with Gasteiger partial charge in [0.1, 0.15) is 10.5 Å². The van der Waals surface area contributed by atoms with Crippen LogP contribution in [0, 0.1) is 0 Å². The van der Waals surface area contributed by atoms with E-state index in [2.05, 4.69) is 48.3 Å². The van der Waals surface area contributed by atoms with Crippen molar-refractivity contribution in [1.82, 2.24) is 29.9 Å². The number of aryl methyl sites for hydroxylation is 1. The molecule has 1 N–H and O–H groups in total. The second-order valence-corrected chi connectivity index (χ2v) is 8.82. The summed E-state index contributed by atoms with van der Waals surface area (Å²) in [5.41, 5.74) is 2.69. The van der Waals surface area contributed by atoms with Gasteiger partial charge in [-0.3, -0.25) is 10.1 Å². The Bertz CT molecular complexity index is 1170. The smallest absolute Gasteiger partial charge is 0.236 e. The average Bonchev–Trinajstić information content (AvgIpc) is 3.30. The lowest BCUT2D eigenvalue weighted by molar-refractivity contribution is -0.113. The molecule has 3 heterocycles. The zero-order valence-corrected chi connectivity index (χ0v) is 18.0. The molecule has 150 valence electrons. The van der Waals surface area contributed by atoms with E-state index in [-0.39, 0.29) is 17.6 Å². The number of hydrogen-bond acceptors (Lipinski definition) is 8. The zero-order chi connectivity index (χ0) is 20.4. The molecule has 0 aliphatic rings. The molecule has 0 fully saturated rings. The standard InChI is InChI=1S/C19H21N7OS2/c1-4-9-26-13-8-6-5-7-12(13)15-16(26)21-18(24-22-15)28-10-14(27)20-19-25-23-17(29-19)11(2)3/h5-8,11H,4,9-10H2,1-3H3,(H,20,25,27). The van der Waals surface area contributed by atoms with Crippen LogP contribution in [0.5, 0.6) is 0 Å². The molecule has 0 unspecified atom stereocenters. The number of carbonyl (C=O) groups is 1. The number of hydrogen-bond donors (Lipinski definition) is 1. The predicted octanol–water partition coefficient (Wildman–Crippen LogP) is 4.10. The van der Waals surface area contributed by atoms with Crippen LogP contribution in [0.15, 0.2) is 29.4 Å². The van der Waals surface area contributed by atoms with Gasteiger partial charge in [-0.25, -0.2) is 4.98 Å². The number of nitrogens with one attached hydrogen (secondary N) is 1. The zero-order valence-electron chi connectivity index (χ0n) is 16.4. The largest absolute Gasteiger partial charge is 0.324 e. The third kappa shape index (κ3) is 4.08. The number of para-hydroxylation sites is 1. The maximum Gasteiger partial charge on any atom is 0.236 e. The van der Waals surface area contributed by atoms with E-state index in [4.69, 9.17) is 0 Å². The molecule has 0 bridgehead atoms. The average molecular weight is 428 g/mol. The second kappa shape index (κ2) is 8.42. The summed E-state index contributed by atoms with van der Waals surface area (Å²) in [4.78, 5) is 16.9. The molecule has 0 aliphatic carbocycles. The quantitative estimate of drug-likeness (QED) is 0.443. The third-order valence-corrected chi connectivity index (χ3v) is 6.29. The van der Waals surface area contributed by atoms with Crippen LogP contribution in [0.25, 0.3) is 22.1 Å². The van der Waals surface area contributed by atoms with Gasteiger partial charge in [0.15, 0.2) is 5.65 Å². The van der Waals surface area contributed by atoms with Gasteiger partial charge in [-0.15, -0.1) is 20.4 Å². The molecule has 1 aromatic carbocycles. The number of thioether (sulfide) groups is 1. The summed E-state index contributed by atoms with van der Waals surface area (Å²) in [6, 6.07) is 8.11. The van der Waals surface area contributed by atoms with Crippen molar-refractivity contribution in [3.05, 3.63) is 29.3 Å². The Morgan fingerprint density at radius 2 is 2.03 bits per heavy atom. The van der Waals surface area contributed by atoms with E-state index in [1.165, 1.54) is 23.1 Å². The number of amides is 1. The van der Waals surface area contributed by atoms with Crippen molar-refractivity contribution >= 4 is 56.2 Å². The van der Waals surface area contributed by atoms with Crippen LogP contribution in [0.3, 0.4) is 0 Å². The Kier molecular flexibility index (Phi) is 5.72. The minimum atomic E-state index is -0.167. The minimum absolute atomic E-state index is 0.167. The van der Waals surface area contributed by atoms with E-state index >= 15 is 0 Å². The van der Waals surface area contributed by atoms with Gasteiger partial charge in [0.25, 0.3) is 0 Å². The molecule has 4 aromatic rings. The molecule has 3 aromatic heterocycles. The Hall–Kier alpha value is -2.59. The summed E-state index contributed by atoms with van der Waals surface area (Å²) in [5.74, 6) is 0.297. The first kappa shape index (κ1) is 19.7. The highest BCUT2D eigenvalue weighted by molar-refractivity contribution is 7.99. The monoisotopic (exact) mass is 427 g/mol. The number of aromatic nitrogens is 6. The fourth-order valence-corrected chi connectivity index (χ4v) is 4.35. The van der Waals surface area contributed by atoms with Gasteiger partial charge >= 0.3 is 0 Å². The Labute approximate surface area is 176 Å². The van der Waals surface area contributed by atoms with Crippen LogP contribution >= 0.6 is 23.1 Å². The molecule has 0 aliphatic heterocycles. The molecule has 0 saturated heterocycles. The van der Waals surface area contributed by atoms with Crippen LogP contribution < -0.4 is 5.32 Å². The minimum Gasteiger partial charge on any atom is -0.324 e. The molecular weight excluding hydrogens is 406 g/mol. The molecule has 1 amide bonds. The Balaban J connectivity index is 1.51. The molecule has 0 saturated carbocycles. The molecule has 10 heteroatoms. The lowest BCUT2D eigenvalue weighted by Gasteiger charge is -2.04. The molecule has 0 atom stereocenters. The van der Waals surface area contributed by atoms with E-state index in [0.29, 0.717) is 10.3 Å². The summed E-state index contributed by atoms with van der Waals surface area (Å²) in [6.07, 6.45) is 0.989. The molecule has 29 heavy (non-hydrogen) atoms. The lowest BCUT2D eigenvalue weighted by Crippen LogP contribution is -2.14. The van der Waals surface area contributed by atoms with E-state index in [1.54, 1.807) is 0 Å². The number of anilines is 1. The maximum atomic E-state index is 12.3. The maximum absolute atomic E-state index is 12.3. The predicted molar refractivity (Wildman–Crippen MR) is 116 cm³/mol. The van der Waals surface area contributed by atoms with E-state index in [0.717, 1.165) is 40.0 Å². The van der Waals surface area contributed by atoms with Gasteiger partial charge < -0.3 is 4.57 Å². The van der Waals surface area contributed by atoms with Crippen molar-refractivity contribution in [2.24, 2.45) is 0 Å². The highest BCUT2D eigenvalue weighted by Gasteiger charge is 2.16. The first-order chi connectivity index (χ1) is 14.1. The fourth-order valence-electron chi connectivity index (χ4n) is 3.00. The molecule has 8 nitrogen and oxygen atoms in total. The molecular formula is C19H21N7OS2. The van der Waals surface area contributed by atoms with E-state index < -0.39 is 0 Å². The first-order valence-electron chi connectivity index (χ1n) is 9.44. The SMILES string of the molecule is CCCn1c2ccccc2c2nnc(SCC(=O)Nc3nnc(C(C)C)s3)nc21. The van der Waals surface area contributed by atoms with E-state index in [1.807, 2.05) is 32.0 Å². The van der Waals surface area contributed by atoms with Crippen LogP contribution in [0.4, 0.5) is 5.13 Å². The summed E-state index contributed by atoms with van der Waals surface area (Å²) in [5, 5.41) is 22.4. The number of benzene rings is 1. The normalized spacial score (nSPS) is 11.6. The van der Waals surface area contributed by atoms with Crippen molar-refractivity contribution in [3.8, 4) is 0 Å². The molecule has 4 rings (SSSR count). The third-order valence-electron chi connectivity index (χ3n) is 4.31. The molecule has 0 radical (unpaired) electrons. The van der Waals surface area contributed by atoms with Crippen LogP contribution in [0.2, 0.25) is 0 Å². The van der Waals surface area contributed by atoms with Gasteiger partial charge in [-0.1, -0.05) is 62.1 Å². The van der Waals surface area contributed by atoms with Gasteiger partial charge in [0, 0.05) is 17.8 Å². The van der Waals surface area contributed by atoms with Crippen LogP contribution in [-0.2, 0) is 11.3 Å². The summed E-state index contributed by atoms with van der Waals surface area (Å²) in [6.45, 7) is 7.07. The van der Waals surface area contributed by atoms with Crippen molar-refractivity contribution in [2.45, 2.75) is 44.8 Å². The van der Waals surface area contributed by atoms with Gasteiger partial charge in [-0.2, -0.15) is 0 Å². The number of nitrogens with zero attached hydrogens (tertiary/aromatic N) is 6. The second-order valence-electron chi connectivity index (χ2n) is 6.87. The Morgan fingerprint density at radius 3 is 2.79 bits per heavy atom. The van der Waals surface area contributed by atoms with Crippen molar-refractivity contribution in [2.75, 3.05) is 11.1 Å². The summed E-state index contributed by atoms with van der Waals surface area (Å²) in [7, 11) is 0. The topological polar surface area (TPSA) is 98.5 Å². The van der Waals surface area contributed by atoms with Gasteiger partial charge in [-0.05, 0) is 12.5 Å². The lowest BCUT2D eigenvalue weighted by atomic mass is 10.2. The van der Waals surface area contributed by atoms with Crippen molar-refractivity contribution in [1.29, 1.82) is 0 Å².